The van der Waals surface area contributed by atoms with Crippen LogP contribution in [0.4, 0.5) is 5.69 Å². The molecule has 0 radical (unpaired) electrons. The van der Waals surface area contributed by atoms with Crippen LogP contribution >= 0.6 is 15.9 Å². The summed E-state index contributed by atoms with van der Waals surface area (Å²) in [5, 5.41) is 3.05. The number of anilines is 1. The van der Waals surface area contributed by atoms with Gasteiger partial charge in [0.1, 0.15) is 0 Å². The molecule has 1 aromatic carbocycles. The number of hydrogen-bond donors (Lipinski definition) is 1. The smallest absolute Gasteiger partial charge is 0.219 e. The second-order valence-electron chi connectivity index (χ2n) is 4.30. The van der Waals surface area contributed by atoms with E-state index in [-0.39, 0.29) is 11.9 Å². The summed E-state index contributed by atoms with van der Waals surface area (Å²) in [5.41, 5.74) is 1.21. The summed E-state index contributed by atoms with van der Waals surface area (Å²) in [5.74, 6) is 0.143. The number of nitrogens with one attached hydrogen (secondary N) is 1. The predicted molar refractivity (Wildman–Crippen MR) is 73.2 cm³/mol. The first kappa shape index (κ1) is 12.4. The SMILES string of the molecule is CCC(=O)N[C@@H]1CCN(c2ccccc2Br)C1. The fourth-order valence-electron chi connectivity index (χ4n) is 2.13. The lowest BCUT2D eigenvalue weighted by Gasteiger charge is -2.20. The second-order valence-corrected chi connectivity index (χ2v) is 5.16. The van der Waals surface area contributed by atoms with E-state index in [0.29, 0.717) is 6.42 Å². The zero-order chi connectivity index (χ0) is 12.3. The number of rotatable bonds is 3. The van der Waals surface area contributed by atoms with E-state index in [1.54, 1.807) is 0 Å². The van der Waals surface area contributed by atoms with Crippen LogP contribution in [-0.4, -0.2) is 25.0 Å². The highest BCUT2D eigenvalue weighted by Crippen LogP contribution is 2.28. The number of hydrogen-bond acceptors (Lipinski definition) is 2. The number of carbonyl (C=O) groups is 1. The molecule has 1 heterocycles. The Morgan fingerprint density at radius 3 is 3.00 bits per heavy atom. The van der Waals surface area contributed by atoms with Crippen molar-refractivity contribution in [3.63, 3.8) is 0 Å². The van der Waals surface area contributed by atoms with E-state index < -0.39 is 0 Å². The zero-order valence-electron chi connectivity index (χ0n) is 9.95. The summed E-state index contributed by atoms with van der Waals surface area (Å²) < 4.78 is 1.11. The van der Waals surface area contributed by atoms with Gasteiger partial charge in [-0.3, -0.25) is 4.79 Å². The van der Waals surface area contributed by atoms with E-state index in [0.717, 1.165) is 24.0 Å². The topological polar surface area (TPSA) is 32.3 Å². The second kappa shape index (κ2) is 5.54. The highest BCUT2D eigenvalue weighted by molar-refractivity contribution is 9.10. The highest BCUT2D eigenvalue weighted by Gasteiger charge is 2.24. The number of halogens is 1. The van der Waals surface area contributed by atoms with Gasteiger partial charge in [0.15, 0.2) is 0 Å². The number of nitrogens with zero attached hydrogens (tertiary/aromatic N) is 1. The Labute approximate surface area is 110 Å². The first-order chi connectivity index (χ1) is 8.20. The molecule has 1 atom stereocenters. The Morgan fingerprint density at radius 2 is 2.29 bits per heavy atom. The summed E-state index contributed by atoms with van der Waals surface area (Å²) in [6.07, 6.45) is 1.58. The van der Waals surface area contributed by atoms with Crippen molar-refractivity contribution in [2.75, 3.05) is 18.0 Å². The number of benzene rings is 1. The van der Waals surface area contributed by atoms with E-state index in [4.69, 9.17) is 0 Å². The standard InChI is InChI=1S/C13H17BrN2O/c1-2-13(17)15-10-7-8-16(9-10)12-6-4-3-5-11(12)14/h3-6,10H,2,7-9H2,1H3,(H,15,17)/t10-/m1/s1. The lowest BCUT2D eigenvalue weighted by molar-refractivity contribution is -0.121. The maximum absolute atomic E-state index is 11.3. The largest absolute Gasteiger partial charge is 0.368 e. The van der Waals surface area contributed by atoms with Crippen LogP contribution < -0.4 is 10.2 Å². The summed E-state index contributed by atoms with van der Waals surface area (Å²) in [4.78, 5) is 13.6. The summed E-state index contributed by atoms with van der Waals surface area (Å²) in [6, 6.07) is 8.49. The van der Waals surface area contributed by atoms with Gasteiger partial charge in [0.25, 0.3) is 0 Å². The normalized spacial score (nSPS) is 19.4. The molecule has 17 heavy (non-hydrogen) atoms. The van der Waals surface area contributed by atoms with Crippen molar-refractivity contribution in [1.82, 2.24) is 5.32 Å². The highest BCUT2D eigenvalue weighted by atomic mass is 79.9. The molecule has 3 nitrogen and oxygen atoms in total. The van der Waals surface area contributed by atoms with Crippen molar-refractivity contribution in [3.05, 3.63) is 28.7 Å². The van der Waals surface area contributed by atoms with Gasteiger partial charge in [-0.1, -0.05) is 19.1 Å². The van der Waals surface area contributed by atoms with Crippen LogP contribution in [0, 0.1) is 0 Å². The van der Waals surface area contributed by atoms with Crippen molar-refractivity contribution in [2.24, 2.45) is 0 Å². The molecule has 0 unspecified atom stereocenters. The maximum Gasteiger partial charge on any atom is 0.219 e. The number of carbonyl (C=O) groups excluding carboxylic acids is 1. The third-order valence-electron chi connectivity index (χ3n) is 3.07. The van der Waals surface area contributed by atoms with Gasteiger partial charge in [-0.05, 0) is 34.5 Å². The first-order valence-corrected chi connectivity index (χ1v) is 6.79. The van der Waals surface area contributed by atoms with Crippen LogP contribution in [0.5, 0.6) is 0 Å². The van der Waals surface area contributed by atoms with Crippen molar-refractivity contribution >= 4 is 27.5 Å². The average molecular weight is 297 g/mol. The molecule has 2 rings (SSSR count). The molecule has 0 saturated carbocycles. The van der Waals surface area contributed by atoms with Crippen molar-refractivity contribution in [1.29, 1.82) is 0 Å². The molecule has 1 aliphatic heterocycles. The van der Waals surface area contributed by atoms with E-state index in [9.17, 15) is 4.79 Å². The van der Waals surface area contributed by atoms with Gasteiger partial charge in [0.05, 0.1) is 5.69 Å². The molecule has 1 fully saturated rings. The lowest BCUT2D eigenvalue weighted by atomic mass is 10.2. The molecule has 0 bridgehead atoms. The van der Waals surface area contributed by atoms with Crippen LogP contribution in [0.2, 0.25) is 0 Å². The molecule has 1 saturated heterocycles. The summed E-state index contributed by atoms with van der Waals surface area (Å²) in [6.45, 7) is 3.78. The molecule has 0 aromatic heterocycles. The minimum atomic E-state index is 0.143. The van der Waals surface area contributed by atoms with Crippen LogP contribution in [-0.2, 0) is 4.79 Å². The van der Waals surface area contributed by atoms with Gasteiger partial charge >= 0.3 is 0 Å². The molecule has 1 N–H and O–H groups in total. The lowest BCUT2D eigenvalue weighted by Crippen LogP contribution is -2.36. The molecular weight excluding hydrogens is 280 g/mol. The molecule has 92 valence electrons. The van der Waals surface area contributed by atoms with E-state index >= 15 is 0 Å². The van der Waals surface area contributed by atoms with Gasteiger partial charge < -0.3 is 10.2 Å². The van der Waals surface area contributed by atoms with Gasteiger partial charge in [0, 0.05) is 30.0 Å². The van der Waals surface area contributed by atoms with Crippen molar-refractivity contribution in [3.8, 4) is 0 Å². The van der Waals surface area contributed by atoms with Crippen LogP contribution in [0.25, 0.3) is 0 Å². The zero-order valence-corrected chi connectivity index (χ0v) is 11.5. The monoisotopic (exact) mass is 296 g/mol. The van der Waals surface area contributed by atoms with Crippen molar-refractivity contribution in [2.45, 2.75) is 25.8 Å². The van der Waals surface area contributed by atoms with Crippen LogP contribution in [0.1, 0.15) is 19.8 Å². The number of para-hydroxylation sites is 1. The molecule has 1 amide bonds. The van der Waals surface area contributed by atoms with Gasteiger partial charge in [0.2, 0.25) is 5.91 Å². The predicted octanol–water partition coefficient (Wildman–Crippen LogP) is 2.55. The fourth-order valence-corrected chi connectivity index (χ4v) is 2.67. The molecule has 1 aromatic rings. The quantitative estimate of drug-likeness (QED) is 0.930. The minimum Gasteiger partial charge on any atom is -0.368 e. The summed E-state index contributed by atoms with van der Waals surface area (Å²) in [7, 11) is 0. The van der Waals surface area contributed by atoms with Crippen LogP contribution in [0.15, 0.2) is 28.7 Å². The average Bonchev–Trinajstić information content (AvgIpc) is 2.78. The Morgan fingerprint density at radius 1 is 1.53 bits per heavy atom. The Bertz CT molecular complexity index is 408. The van der Waals surface area contributed by atoms with Crippen molar-refractivity contribution < 1.29 is 4.79 Å². The minimum absolute atomic E-state index is 0.143. The van der Waals surface area contributed by atoms with Crippen LogP contribution in [0.3, 0.4) is 0 Å². The van der Waals surface area contributed by atoms with E-state index in [1.807, 2.05) is 25.1 Å². The van der Waals surface area contributed by atoms with Gasteiger partial charge in [-0.2, -0.15) is 0 Å². The summed E-state index contributed by atoms with van der Waals surface area (Å²) >= 11 is 3.56. The first-order valence-electron chi connectivity index (χ1n) is 5.99. The third-order valence-corrected chi connectivity index (χ3v) is 3.74. The molecule has 1 aliphatic rings. The van der Waals surface area contributed by atoms with E-state index in [2.05, 4.69) is 32.2 Å². The molecule has 4 heteroatoms. The fraction of sp³-hybridized carbons (Fsp3) is 0.462. The Hall–Kier alpha value is -1.03. The molecule has 0 spiro atoms. The van der Waals surface area contributed by atoms with Gasteiger partial charge in [-0.25, -0.2) is 0 Å². The van der Waals surface area contributed by atoms with Gasteiger partial charge in [-0.15, -0.1) is 0 Å². The third kappa shape index (κ3) is 3.00. The molecule has 0 aliphatic carbocycles. The molecular formula is C13H17BrN2O. The van der Waals surface area contributed by atoms with E-state index in [1.165, 1.54) is 5.69 Å². The Kier molecular flexibility index (Phi) is 4.05. The number of amides is 1. The Balaban J connectivity index is 1.98. The maximum atomic E-state index is 11.3.